The molecule has 3 aromatic rings. The molecule has 5 heteroatoms. The number of rotatable bonds is 1. The fraction of sp³-hybridized carbons (Fsp3) is 0. The van der Waals surface area contributed by atoms with Crippen molar-refractivity contribution in [3.8, 4) is 18.0 Å². The highest BCUT2D eigenvalue weighted by atomic mass is 79.9. The van der Waals surface area contributed by atoms with Crippen LogP contribution in [0.3, 0.4) is 0 Å². The Balaban J connectivity index is 2.33. The molecule has 0 spiro atoms. The second kappa shape index (κ2) is 4.80. The van der Waals surface area contributed by atoms with Gasteiger partial charge >= 0.3 is 0 Å². The van der Waals surface area contributed by atoms with Crippen molar-refractivity contribution in [1.82, 2.24) is 14.8 Å². The van der Waals surface area contributed by atoms with Crippen molar-refractivity contribution in [2.75, 3.05) is 0 Å². The van der Waals surface area contributed by atoms with Gasteiger partial charge in [0, 0.05) is 26.7 Å². The maximum atomic E-state index is 5.37. The van der Waals surface area contributed by atoms with E-state index in [4.69, 9.17) is 6.42 Å². The van der Waals surface area contributed by atoms with Gasteiger partial charge in [0.25, 0.3) is 0 Å². The van der Waals surface area contributed by atoms with E-state index in [-0.39, 0.29) is 0 Å². The first-order valence-electron chi connectivity index (χ1n) is 5.44. The molecule has 1 aromatic carbocycles. The minimum Gasteiger partial charge on any atom is -0.256 e. The molecule has 3 nitrogen and oxygen atoms in total. The van der Waals surface area contributed by atoms with Crippen LogP contribution >= 0.6 is 31.9 Å². The van der Waals surface area contributed by atoms with Gasteiger partial charge in [-0.25, -0.2) is 4.68 Å². The molecule has 0 atom stereocenters. The summed E-state index contributed by atoms with van der Waals surface area (Å²) in [7, 11) is 0. The SMILES string of the molecule is C#Cc1cnn(-c2ccnc3cc(Br)cc(Br)c23)c1. The topological polar surface area (TPSA) is 30.7 Å². The lowest BCUT2D eigenvalue weighted by molar-refractivity contribution is 0.886. The molecule has 2 heterocycles. The van der Waals surface area contributed by atoms with E-state index < -0.39 is 0 Å². The van der Waals surface area contributed by atoms with Crippen molar-refractivity contribution < 1.29 is 0 Å². The Bertz CT molecular complexity index is 815. The maximum absolute atomic E-state index is 5.37. The van der Waals surface area contributed by atoms with Crippen molar-refractivity contribution in [2.24, 2.45) is 0 Å². The third-order valence-electron chi connectivity index (χ3n) is 2.73. The Morgan fingerprint density at radius 2 is 2.11 bits per heavy atom. The van der Waals surface area contributed by atoms with E-state index in [1.54, 1.807) is 17.1 Å². The van der Waals surface area contributed by atoms with Gasteiger partial charge in [0.15, 0.2) is 0 Å². The Kier molecular flexibility index (Phi) is 3.13. The molecular formula is C14H7Br2N3. The summed E-state index contributed by atoms with van der Waals surface area (Å²) in [6.45, 7) is 0. The number of hydrogen-bond acceptors (Lipinski definition) is 2. The van der Waals surface area contributed by atoms with Crippen LogP contribution in [0.25, 0.3) is 16.6 Å². The number of aromatic nitrogens is 3. The fourth-order valence-corrected chi connectivity index (χ4v) is 3.31. The summed E-state index contributed by atoms with van der Waals surface area (Å²) in [6, 6.07) is 5.86. The van der Waals surface area contributed by atoms with Crippen LogP contribution in [0.5, 0.6) is 0 Å². The number of pyridine rings is 1. The lowest BCUT2D eigenvalue weighted by Gasteiger charge is -2.08. The minimum atomic E-state index is 0.748. The Labute approximate surface area is 126 Å². The molecule has 0 aliphatic carbocycles. The summed E-state index contributed by atoms with van der Waals surface area (Å²) in [5.41, 5.74) is 2.57. The molecule has 0 aliphatic heterocycles. The molecule has 0 saturated heterocycles. The predicted octanol–water partition coefficient (Wildman–Crippen LogP) is 3.93. The first-order chi connectivity index (χ1) is 9.19. The van der Waals surface area contributed by atoms with Gasteiger partial charge in [-0.2, -0.15) is 5.10 Å². The lowest BCUT2D eigenvalue weighted by atomic mass is 10.2. The molecule has 0 saturated carbocycles. The predicted molar refractivity (Wildman–Crippen MR) is 82.2 cm³/mol. The summed E-state index contributed by atoms with van der Waals surface area (Å²) in [5.74, 6) is 2.57. The number of halogens is 2. The van der Waals surface area contributed by atoms with Crippen molar-refractivity contribution in [3.05, 3.63) is 51.3 Å². The van der Waals surface area contributed by atoms with Crippen LogP contribution in [-0.2, 0) is 0 Å². The number of benzene rings is 1. The van der Waals surface area contributed by atoms with Crippen molar-refractivity contribution in [2.45, 2.75) is 0 Å². The van der Waals surface area contributed by atoms with E-state index in [2.05, 4.69) is 47.9 Å². The molecule has 0 unspecified atom stereocenters. The standard InChI is InChI=1S/C14H7Br2N3/c1-2-9-7-18-19(8-9)13-3-4-17-12-6-10(15)5-11(16)14(12)13/h1,3-8H. The fourth-order valence-electron chi connectivity index (χ4n) is 1.91. The Morgan fingerprint density at radius 3 is 2.84 bits per heavy atom. The van der Waals surface area contributed by atoms with E-state index in [9.17, 15) is 0 Å². The molecule has 0 fully saturated rings. The summed E-state index contributed by atoms with van der Waals surface area (Å²) in [6.07, 6.45) is 10.6. The summed E-state index contributed by atoms with van der Waals surface area (Å²) < 4.78 is 3.69. The third kappa shape index (κ3) is 2.18. The second-order valence-electron chi connectivity index (χ2n) is 3.93. The molecule has 0 aliphatic rings. The number of terminal acetylenes is 1. The highest BCUT2D eigenvalue weighted by Gasteiger charge is 2.10. The monoisotopic (exact) mass is 375 g/mol. The molecule has 0 bridgehead atoms. The van der Waals surface area contributed by atoms with E-state index >= 15 is 0 Å². The molecule has 2 aromatic heterocycles. The number of nitrogens with zero attached hydrogens (tertiary/aromatic N) is 3. The summed E-state index contributed by atoms with van der Waals surface area (Å²) in [4.78, 5) is 4.37. The minimum absolute atomic E-state index is 0.748. The van der Waals surface area contributed by atoms with Crippen LogP contribution in [0, 0.1) is 12.3 Å². The van der Waals surface area contributed by atoms with Crippen LogP contribution in [0.1, 0.15) is 5.56 Å². The number of fused-ring (bicyclic) bond motifs is 1. The highest BCUT2D eigenvalue weighted by molar-refractivity contribution is 9.11. The molecule has 19 heavy (non-hydrogen) atoms. The smallest absolute Gasteiger partial charge is 0.0766 e. The van der Waals surface area contributed by atoms with E-state index in [1.807, 2.05) is 24.4 Å². The Morgan fingerprint density at radius 1 is 1.26 bits per heavy atom. The van der Waals surface area contributed by atoms with Crippen LogP contribution < -0.4 is 0 Å². The normalized spacial score (nSPS) is 10.6. The molecule has 0 radical (unpaired) electrons. The van der Waals surface area contributed by atoms with Crippen LogP contribution in [0.4, 0.5) is 0 Å². The van der Waals surface area contributed by atoms with Gasteiger partial charge in [-0.05, 0) is 34.1 Å². The van der Waals surface area contributed by atoms with Gasteiger partial charge in [-0.1, -0.05) is 21.9 Å². The van der Waals surface area contributed by atoms with Gasteiger partial charge in [0.2, 0.25) is 0 Å². The van der Waals surface area contributed by atoms with Crippen LogP contribution in [-0.4, -0.2) is 14.8 Å². The maximum Gasteiger partial charge on any atom is 0.0766 e. The highest BCUT2D eigenvalue weighted by Crippen LogP contribution is 2.31. The van der Waals surface area contributed by atoms with Crippen molar-refractivity contribution in [3.63, 3.8) is 0 Å². The van der Waals surface area contributed by atoms with Gasteiger partial charge < -0.3 is 0 Å². The second-order valence-corrected chi connectivity index (χ2v) is 5.70. The number of hydrogen-bond donors (Lipinski definition) is 0. The van der Waals surface area contributed by atoms with Gasteiger partial charge in [-0.3, -0.25) is 4.98 Å². The average Bonchev–Trinajstić information content (AvgIpc) is 2.86. The zero-order valence-corrected chi connectivity index (χ0v) is 12.8. The van der Waals surface area contributed by atoms with Crippen LogP contribution in [0.15, 0.2) is 45.7 Å². The molecular weight excluding hydrogens is 370 g/mol. The van der Waals surface area contributed by atoms with Crippen molar-refractivity contribution in [1.29, 1.82) is 0 Å². The first kappa shape index (κ1) is 12.4. The quantitative estimate of drug-likeness (QED) is 0.602. The Hall–Kier alpha value is -1.64. The average molecular weight is 377 g/mol. The van der Waals surface area contributed by atoms with Gasteiger partial charge in [0.05, 0.1) is 23.0 Å². The lowest BCUT2D eigenvalue weighted by Crippen LogP contribution is -1.97. The molecule has 0 N–H and O–H groups in total. The zero-order valence-electron chi connectivity index (χ0n) is 9.64. The van der Waals surface area contributed by atoms with Crippen molar-refractivity contribution >= 4 is 42.8 Å². The molecule has 92 valence electrons. The van der Waals surface area contributed by atoms with E-state index in [1.165, 1.54) is 0 Å². The zero-order chi connectivity index (χ0) is 13.4. The van der Waals surface area contributed by atoms with E-state index in [0.717, 1.165) is 31.1 Å². The molecule has 3 rings (SSSR count). The van der Waals surface area contributed by atoms with Crippen LogP contribution in [0.2, 0.25) is 0 Å². The third-order valence-corrected chi connectivity index (χ3v) is 3.82. The summed E-state index contributed by atoms with van der Waals surface area (Å²) >= 11 is 7.03. The molecule has 0 amide bonds. The van der Waals surface area contributed by atoms with Gasteiger partial charge in [-0.15, -0.1) is 6.42 Å². The first-order valence-corrected chi connectivity index (χ1v) is 7.03. The summed E-state index contributed by atoms with van der Waals surface area (Å²) in [5, 5.41) is 5.28. The largest absolute Gasteiger partial charge is 0.256 e. The van der Waals surface area contributed by atoms with E-state index in [0.29, 0.717) is 0 Å². The van der Waals surface area contributed by atoms with Gasteiger partial charge in [0.1, 0.15) is 0 Å².